The van der Waals surface area contributed by atoms with Crippen LogP contribution in [-0.4, -0.2) is 0 Å². The van der Waals surface area contributed by atoms with E-state index in [0.717, 1.165) is 11.3 Å². The summed E-state index contributed by atoms with van der Waals surface area (Å²) in [5.41, 5.74) is 2.26. The lowest BCUT2D eigenvalue weighted by Gasteiger charge is -1.89. The summed E-state index contributed by atoms with van der Waals surface area (Å²) >= 11 is 0. The van der Waals surface area contributed by atoms with Crippen LogP contribution in [0, 0.1) is 13.8 Å². The van der Waals surface area contributed by atoms with Gasteiger partial charge in [0.2, 0.25) is 0 Å². The summed E-state index contributed by atoms with van der Waals surface area (Å²) in [4.78, 5) is 0. The Morgan fingerprint density at radius 2 is 1.91 bits per heavy atom. The fourth-order valence-electron chi connectivity index (χ4n) is 1.30. The molecule has 0 aliphatic carbocycles. The van der Waals surface area contributed by atoms with Crippen molar-refractivity contribution in [3.05, 3.63) is 35.6 Å². The van der Waals surface area contributed by atoms with Gasteiger partial charge in [-0.25, -0.2) is 0 Å². The van der Waals surface area contributed by atoms with Gasteiger partial charge in [-0.1, -0.05) is 11.6 Å². The van der Waals surface area contributed by atoms with Crippen molar-refractivity contribution in [2.75, 3.05) is 0 Å². The van der Waals surface area contributed by atoms with Crippen LogP contribution in [0.15, 0.2) is 28.7 Å². The van der Waals surface area contributed by atoms with E-state index in [1.807, 2.05) is 13.0 Å². The van der Waals surface area contributed by atoms with E-state index in [9.17, 15) is 0 Å². The molecular formula is C10H10O. The van der Waals surface area contributed by atoms with Crippen molar-refractivity contribution in [3.8, 4) is 0 Å². The molecule has 0 atom stereocenters. The minimum absolute atomic E-state index is 0.977. The highest BCUT2D eigenvalue weighted by atomic mass is 16.3. The van der Waals surface area contributed by atoms with E-state index in [0.29, 0.717) is 0 Å². The molecule has 0 saturated heterocycles. The van der Waals surface area contributed by atoms with Crippen molar-refractivity contribution < 1.29 is 4.42 Å². The van der Waals surface area contributed by atoms with E-state index in [4.69, 9.17) is 4.42 Å². The van der Waals surface area contributed by atoms with Crippen LogP contribution < -0.4 is 0 Å². The molecule has 0 N–H and O–H groups in total. The number of hydrogen-bond donors (Lipinski definition) is 0. The van der Waals surface area contributed by atoms with E-state index in [2.05, 4.69) is 25.1 Å². The zero-order chi connectivity index (χ0) is 7.84. The third kappa shape index (κ3) is 1.03. The highest BCUT2D eigenvalue weighted by molar-refractivity contribution is 5.78. The molecule has 2 aromatic rings. The number of rotatable bonds is 0. The first-order chi connectivity index (χ1) is 5.25. The first-order valence-corrected chi connectivity index (χ1v) is 3.72. The Bertz CT molecular complexity index is 385. The summed E-state index contributed by atoms with van der Waals surface area (Å²) in [7, 11) is 0. The molecule has 0 aliphatic heterocycles. The van der Waals surface area contributed by atoms with Crippen LogP contribution in [0.5, 0.6) is 0 Å². The highest BCUT2D eigenvalue weighted by Crippen LogP contribution is 2.19. The molecule has 0 bridgehead atoms. The highest BCUT2D eigenvalue weighted by Gasteiger charge is 1.97. The van der Waals surface area contributed by atoms with Crippen LogP contribution in [0.4, 0.5) is 0 Å². The molecule has 0 unspecified atom stereocenters. The van der Waals surface area contributed by atoms with Gasteiger partial charge in [0, 0.05) is 5.39 Å². The molecule has 0 amide bonds. The molecule has 0 spiro atoms. The zero-order valence-corrected chi connectivity index (χ0v) is 6.72. The number of furan rings is 1. The second-order valence-electron chi connectivity index (χ2n) is 2.90. The van der Waals surface area contributed by atoms with Gasteiger partial charge in [-0.3, -0.25) is 0 Å². The number of fused-ring (bicyclic) bond motifs is 1. The second kappa shape index (κ2) is 2.12. The van der Waals surface area contributed by atoms with Crippen molar-refractivity contribution in [1.82, 2.24) is 0 Å². The molecule has 2 rings (SSSR count). The number of benzene rings is 1. The lowest BCUT2D eigenvalue weighted by atomic mass is 10.2. The lowest BCUT2D eigenvalue weighted by Crippen LogP contribution is -1.67. The molecular weight excluding hydrogens is 136 g/mol. The van der Waals surface area contributed by atoms with Crippen LogP contribution in [-0.2, 0) is 0 Å². The molecule has 0 aliphatic rings. The van der Waals surface area contributed by atoms with Crippen molar-refractivity contribution in [3.63, 3.8) is 0 Å². The van der Waals surface area contributed by atoms with Crippen LogP contribution in [0.2, 0.25) is 0 Å². The Kier molecular flexibility index (Phi) is 1.25. The summed E-state index contributed by atoms with van der Waals surface area (Å²) in [5.74, 6) is 0.977. The van der Waals surface area contributed by atoms with Crippen molar-refractivity contribution >= 4 is 11.0 Å². The topological polar surface area (TPSA) is 13.1 Å². The minimum atomic E-state index is 0.977. The normalized spacial score (nSPS) is 10.7. The summed E-state index contributed by atoms with van der Waals surface area (Å²) in [6.45, 7) is 4.05. The Morgan fingerprint density at radius 3 is 2.73 bits per heavy atom. The Balaban J connectivity index is 2.82. The molecule has 0 saturated carbocycles. The van der Waals surface area contributed by atoms with Gasteiger partial charge in [-0.05, 0) is 32.0 Å². The molecule has 11 heavy (non-hydrogen) atoms. The van der Waals surface area contributed by atoms with Gasteiger partial charge in [0.05, 0.1) is 0 Å². The maximum Gasteiger partial charge on any atom is 0.134 e. The second-order valence-corrected chi connectivity index (χ2v) is 2.90. The van der Waals surface area contributed by atoms with Gasteiger partial charge in [0.1, 0.15) is 11.3 Å². The van der Waals surface area contributed by atoms with Crippen LogP contribution >= 0.6 is 0 Å². The van der Waals surface area contributed by atoms with E-state index < -0.39 is 0 Å². The Morgan fingerprint density at radius 1 is 1.09 bits per heavy atom. The summed E-state index contributed by atoms with van der Waals surface area (Å²) in [5, 5.41) is 1.20. The molecule has 0 radical (unpaired) electrons. The van der Waals surface area contributed by atoms with E-state index in [1.165, 1.54) is 10.9 Å². The van der Waals surface area contributed by atoms with E-state index >= 15 is 0 Å². The molecule has 1 nitrogen and oxygen atoms in total. The Hall–Kier alpha value is -1.24. The smallest absolute Gasteiger partial charge is 0.134 e. The quantitative estimate of drug-likeness (QED) is 0.556. The van der Waals surface area contributed by atoms with Gasteiger partial charge in [0.15, 0.2) is 0 Å². The third-order valence-corrected chi connectivity index (χ3v) is 1.80. The van der Waals surface area contributed by atoms with Crippen molar-refractivity contribution in [2.24, 2.45) is 0 Å². The first-order valence-electron chi connectivity index (χ1n) is 3.72. The monoisotopic (exact) mass is 146 g/mol. The average Bonchev–Trinajstić information content (AvgIpc) is 2.27. The predicted molar refractivity (Wildman–Crippen MR) is 45.7 cm³/mol. The average molecular weight is 146 g/mol. The number of hydrogen-bond acceptors (Lipinski definition) is 1. The standard InChI is InChI=1S/C10H10O/c1-7-3-4-10-9(5-7)6-8(2)11-10/h3-6H,1-2H3. The summed E-state index contributed by atoms with van der Waals surface area (Å²) < 4.78 is 5.42. The lowest BCUT2D eigenvalue weighted by molar-refractivity contribution is 0.578. The van der Waals surface area contributed by atoms with Gasteiger partial charge in [0.25, 0.3) is 0 Å². The van der Waals surface area contributed by atoms with Gasteiger partial charge in [-0.15, -0.1) is 0 Å². The first kappa shape index (κ1) is 6.47. The fourth-order valence-corrected chi connectivity index (χ4v) is 1.30. The minimum Gasteiger partial charge on any atom is -0.461 e. The third-order valence-electron chi connectivity index (χ3n) is 1.80. The molecule has 1 aromatic heterocycles. The van der Waals surface area contributed by atoms with E-state index in [1.54, 1.807) is 0 Å². The molecule has 1 heterocycles. The van der Waals surface area contributed by atoms with Crippen molar-refractivity contribution in [1.29, 1.82) is 0 Å². The van der Waals surface area contributed by atoms with Crippen LogP contribution in [0.3, 0.4) is 0 Å². The van der Waals surface area contributed by atoms with Gasteiger partial charge < -0.3 is 4.42 Å². The van der Waals surface area contributed by atoms with Crippen molar-refractivity contribution in [2.45, 2.75) is 13.8 Å². The zero-order valence-electron chi connectivity index (χ0n) is 6.72. The summed E-state index contributed by atoms with van der Waals surface area (Å²) in [6, 6.07) is 8.26. The predicted octanol–water partition coefficient (Wildman–Crippen LogP) is 3.05. The Labute approximate surface area is 65.6 Å². The fraction of sp³-hybridized carbons (Fsp3) is 0.200. The summed E-state index contributed by atoms with van der Waals surface area (Å²) in [6.07, 6.45) is 0. The molecule has 0 fully saturated rings. The largest absolute Gasteiger partial charge is 0.461 e. The molecule has 1 heteroatoms. The maximum atomic E-state index is 5.42. The van der Waals surface area contributed by atoms with Gasteiger partial charge >= 0.3 is 0 Å². The SMILES string of the molecule is Cc1ccc2oc(C)cc2c1. The van der Waals surface area contributed by atoms with Crippen LogP contribution in [0.1, 0.15) is 11.3 Å². The molecule has 56 valence electrons. The maximum absolute atomic E-state index is 5.42. The van der Waals surface area contributed by atoms with E-state index in [-0.39, 0.29) is 0 Å². The molecule has 1 aromatic carbocycles. The number of aryl methyl sites for hydroxylation is 2. The van der Waals surface area contributed by atoms with Crippen LogP contribution in [0.25, 0.3) is 11.0 Å². The van der Waals surface area contributed by atoms with Gasteiger partial charge in [-0.2, -0.15) is 0 Å².